The molecule has 0 aliphatic carbocycles. The largest absolute Gasteiger partial charge is 0.460 e. The fourth-order valence-corrected chi connectivity index (χ4v) is 1.05. The summed E-state index contributed by atoms with van der Waals surface area (Å²) in [5, 5.41) is 0. The van der Waals surface area contributed by atoms with Crippen LogP contribution in [0, 0.1) is 11.8 Å². The van der Waals surface area contributed by atoms with Crippen LogP contribution in [0.25, 0.3) is 0 Å². The molecule has 4 nitrogen and oxygen atoms in total. The second kappa shape index (κ2) is 9.20. The maximum Gasteiger partial charge on any atom is 0.302 e. The number of esters is 1. The van der Waals surface area contributed by atoms with Crippen LogP contribution in [-0.4, -0.2) is 31.6 Å². The molecule has 0 saturated heterocycles. The summed E-state index contributed by atoms with van der Waals surface area (Å²) >= 11 is 0. The molecule has 0 aromatic heterocycles. The van der Waals surface area contributed by atoms with Crippen molar-refractivity contribution in [1.29, 1.82) is 0 Å². The molecule has 16 heavy (non-hydrogen) atoms. The van der Waals surface area contributed by atoms with Gasteiger partial charge in [0.1, 0.15) is 6.61 Å². The number of hydrogen-bond acceptors (Lipinski definition) is 4. The van der Waals surface area contributed by atoms with Gasteiger partial charge in [0.15, 0.2) is 6.29 Å². The average Bonchev–Trinajstić information content (AvgIpc) is 2.23. The van der Waals surface area contributed by atoms with E-state index in [0.717, 1.165) is 0 Å². The monoisotopic (exact) mass is 228 g/mol. The summed E-state index contributed by atoms with van der Waals surface area (Å²) in [6, 6.07) is 0. The third-order valence-corrected chi connectivity index (χ3v) is 1.73. The van der Waals surface area contributed by atoms with E-state index in [-0.39, 0.29) is 18.7 Å². The van der Waals surface area contributed by atoms with Crippen LogP contribution in [0.4, 0.5) is 0 Å². The summed E-state index contributed by atoms with van der Waals surface area (Å²) in [5.74, 6) is 5.38. The number of rotatable bonds is 7. The molecule has 0 aromatic rings. The Kier molecular flexibility index (Phi) is 8.59. The summed E-state index contributed by atoms with van der Waals surface area (Å²) in [7, 11) is 0. The minimum Gasteiger partial charge on any atom is -0.460 e. The zero-order valence-electron chi connectivity index (χ0n) is 10.4. The summed E-state index contributed by atoms with van der Waals surface area (Å²) in [4.78, 5) is 10.7. The summed E-state index contributed by atoms with van der Waals surface area (Å²) in [6.07, 6.45) is 0.0854. The third-order valence-electron chi connectivity index (χ3n) is 1.73. The van der Waals surface area contributed by atoms with E-state index in [1.54, 1.807) is 6.92 Å². The summed E-state index contributed by atoms with van der Waals surface area (Å²) in [6.45, 7) is 7.54. The highest BCUT2D eigenvalue weighted by Crippen LogP contribution is 2.04. The first-order chi connectivity index (χ1) is 7.60. The quantitative estimate of drug-likeness (QED) is 0.378. The zero-order chi connectivity index (χ0) is 12.4. The van der Waals surface area contributed by atoms with E-state index < -0.39 is 6.29 Å². The van der Waals surface area contributed by atoms with Gasteiger partial charge in [-0.15, -0.1) is 11.8 Å². The van der Waals surface area contributed by atoms with Gasteiger partial charge in [0, 0.05) is 20.0 Å². The smallest absolute Gasteiger partial charge is 0.302 e. The van der Waals surface area contributed by atoms with Gasteiger partial charge in [0.05, 0.1) is 6.10 Å². The fraction of sp³-hybridized carbons (Fsp3) is 0.750. The molecule has 0 aromatic carbocycles. The van der Waals surface area contributed by atoms with Crippen LogP contribution >= 0.6 is 0 Å². The van der Waals surface area contributed by atoms with Crippen molar-refractivity contribution < 1.29 is 19.0 Å². The zero-order valence-corrected chi connectivity index (χ0v) is 10.4. The predicted molar refractivity (Wildman–Crippen MR) is 60.7 cm³/mol. The van der Waals surface area contributed by atoms with Crippen molar-refractivity contribution in [2.24, 2.45) is 0 Å². The van der Waals surface area contributed by atoms with E-state index in [1.807, 2.05) is 13.8 Å². The highest BCUT2D eigenvalue weighted by Gasteiger charge is 2.14. The second-order valence-electron chi connectivity index (χ2n) is 3.27. The van der Waals surface area contributed by atoms with Gasteiger partial charge < -0.3 is 14.2 Å². The molecule has 0 N–H and O–H groups in total. The van der Waals surface area contributed by atoms with Gasteiger partial charge in [0.2, 0.25) is 0 Å². The summed E-state index contributed by atoms with van der Waals surface area (Å²) in [5.41, 5.74) is 0. The highest BCUT2D eigenvalue weighted by atomic mass is 16.7. The van der Waals surface area contributed by atoms with Crippen LogP contribution in [0.1, 0.15) is 34.1 Å². The van der Waals surface area contributed by atoms with Gasteiger partial charge in [-0.3, -0.25) is 4.79 Å². The van der Waals surface area contributed by atoms with Crippen LogP contribution < -0.4 is 0 Å². The lowest BCUT2D eigenvalue weighted by molar-refractivity contribution is -0.193. The van der Waals surface area contributed by atoms with E-state index in [0.29, 0.717) is 13.0 Å². The summed E-state index contributed by atoms with van der Waals surface area (Å²) < 4.78 is 15.7. The molecule has 4 heteroatoms. The Labute approximate surface area is 97.3 Å². The molecule has 0 aliphatic rings. The maximum absolute atomic E-state index is 10.7. The normalized spacial score (nSPS) is 13.5. The van der Waals surface area contributed by atoms with Crippen LogP contribution in [0.5, 0.6) is 0 Å². The van der Waals surface area contributed by atoms with Crippen LogP contribution in [0.2, 0.25) is 0 Å². The number of carbonyl (C=O) groups excluding carboxylic acids is 1. The minimum atomic E-state index is -0.512. The molecule has 0 rings (SSSR count). The first-order valence-corrected chi connectivity index (χ1v) is 5.40. The van der Waals surface area contributed by atoms with Crippen LogP contribution in [0.3, 0.4) is 0 Å². The van der Waals surface area contributed by atoms with Crippen molar-refractivity contribution in [3.8, 4) is 11.8 Å². The molecule has 0 amide bonds. The van der Waals surface area contributed by atoms with Crippen molar-refractivity contribution >= 4 is 5.97 Å². The Bertz CT molecular complexity index is 251. The van der Waals surface area contributed by atoms with Crippen molar-refractivity contribution in [3.63, 3.8) is 0 Å². The van der Waals surface area contributed by atoms with Crippen LogP contribution in [-0.2, 0) is 19.0 Å². The molecular weight excluding hydrogens is 208 g/mol. The molecular formula is C12H20O4. The number of ether oxygens (including phenoxy) is 3. The standard InChI is InChI=1S/C12H20O4/c1-5-7-8-10(3)16-12(14-6-2)9-15-11(4)13/h10,12H,6,8-9H2,1-4H3. The van der Waals surface area contributed by atoms with E-state index >= 15 is 0 Å². The van der Waals surface area contributed by atoms with E-state index in [4.69, 9.17) is 14.2 Å². The van der Waals surface area contributed by atoms with Crippen molar-refractivity contribution in [3.05, 3.63) is 0 Å². The van der Waals surface area contributed by atoms with Gasteiger partial charge in [0.25, 0.3) is 0 Å². The first kappa shape index (κ1) is 14.9. The van der Waals surface area contributed by atoms with Gasteiger partial charge in [-0.25, -0.2) is 0 Å². The Hall–Kier alpha value is -1.05. The Morgan fingerprint density at radius 2 is 2.12 bits per heavy atom. The molecule has 0 heterocycles. The molecule has 0 saturated carbocycles. The molecule has 2 atom stereocenters. The SMILES string of the molecule is CC#CCC(C)OC(COC(C)=O)OCC. The Morgan fingerprint density at radius 1 is 1.44 bits per heavy atom. The molecule has 0 bridgehead atoms. The fourth-order valence-electron chi connectivity index (χ4n) is 1.05. The molecule has 0 spiro atoms. The highest BCUT2D eigenvalue weighted by molar-refractivity contribution is 5.65. The van der Waals surface area contributed by atoms with Gasteiger partial charge >= 0.3 is 5.97 Å². The maximum atomic E-state index is 10.7. The lowest BCUT2D eigenvalue weighted by atomic mass is 10.3. The van der Waals surface area contributed by atoms with Crippen molar-refractivity contribution in [2.75, 3.05) is 13.2 Å². The molecule has 0 radical (unpaired) electrons. The van der Waals surface area contributed by atoms with Crippen molar-refractivity contribution in [2.45, 2.75) is 46.5 Å². The van der Waals surface area contributed by atoms with Gasteiger partial charge in [-0.2, -0.15) is 0 Å². The van der Waals surface area contributed by atoms with Gasteiger partial charge in [-0.05, 0) is 20.8 Å². The molecule has 0 fully saturated rings. The molecule has 0 aliphatic heterocycles. The topological polar surface area (TPSA) is 44.8 Å². The number of carbonyl (C=O) groups is 1. The van der Waals surface area contributed by atoms with E-state index in [2.05, 4.69) is 11.8 Å². The predicted octanol–water partition coefficient (Wildman–Crippen LogP) is 1.73. The minimum absolute atomic E-state index is 0.0421. The molecule has 92 valence electrons. The lowest BCUT2D eigenvalue weighted by Crippen LogP contribution is -2.28. The number of hydrogen-bond donors (Lipinski definition) is 0. The Morgan fingerprint density at radius 3 is 2.62 bits per heavy atom. The van der Waals surface area contributed by atoms with E-state index in [1.165, 1.54) is 6.92 Å². The van der Waals surface area contributed by atoms with Crippen LogP contribution in [0.15, 0.2) is 0 Å². The lowest BCUT2D eigenvalue weighted by Gasteiger charge is -2.20. The first-order valence-electron chi connectivity index (χ1n) is 5.40. The van der Waals surface area contributed by atoms with Crippen molar-refractivity contribution in [1.82, 2.24) is 0 Å². The van der Waals surface area contributed by atoms with Gasteiger partial charge in [-0.1, -0.05) is 0 Å². The average molecular weight is 228 g/mol. The third kappa shape index (κ3) is 8.27. The Balaban J connectivity index is 3.98. The second-order valence-corrected chi connectivity index (χ2v) is 3.27. The van der Waals surface area contributed by atoms with E-state index in [9.17, 15) is 4.79 Å². The molecule has 2 unspecified atom stereocenters.